The highest BCUT2D eigenvalue weighted by Gasteiger charge is 2.28. The van der Waals surface area contributed by atoms with E-state index in [1.54, 1.807) is 38.3 Å². The van der Waals surface area contributed by atoms with Gasteiger partial charge < -0.3 is 13.9 Å². The van der Waals surface area contributed by atoms with Crippen LogP contribution in [0.3, 0.4) is 0 Å². The van der Waals surface area contributed by atoms with Gasteiger partial charge in [0.25, 0.3) is 0 Å². The van der Waals surface area contributed by atoms with Gasteiger partial charge in [-0.3, -0.25) is 0 Å². The van der Waals surface area contributed by atoms with Gasteiger partial charge >= 0.3 is 5.97 Å². The van der Waals surface area contributed by atoms with Crippen LogP contribution in [0.15, 0.2) is 40.7 Å². The first-order chi connectivity index (χ1) is 7.55. The SMILES string of the molecule is CC1(C)OC(=O)C=C(/C=C/c2ccco2)O1. The molecule has 0 spiro atoms. The van der Waals surface area contributed by atoms with Gasteiger partial charge in [-0.1, -0.05) is 0 Å². The molecule has 1 aromatic heterocycles. The number of ether oxygens (including phenoxy) is 2. The Kier molecular flexibility index (Phi) is 2.56. The Bertz CT molecular complexity index is 438. The Balaban J connectivity index is 2.13. The van der Waals surface area contributed by atoms with Crippen LogP contribution < -0.4 is 0 Å². The highest BCUT2D eigenvalue weighted by atomic mass is 16.7. The third-order valence-electron chi connectivity index (χ3n) is 1.93. The molecule has 1 aromatic rings. The summed E-state index contributed by atoms with van der Waals surface area (Å²) < 4.78 is 15.5. The third kappa shape index (κ3) is 2.53. The van der Waals surface area contributed by atoms with E-state index in [9.17, 15) is 4.79 Å². The fraction of sp³-hybridized carbons (Fsp3) is 0.250. The van der Waals surface area contributed by atoms with E-state index in [-0.39, 0.29) is 0 Å². The number of allylic oxidation sites excluding steroid dienone is 1. The zero-order valence-electron chi connectivity index (χ0n) is 9.10. The van der Waals surface area contributed by atoms with Gasteiger partial charge in [0, 0.05) is 13.8 Å². The molecule has 0 bridgehead atoms. The third-order valence-corrected chi connectivity index (χ3v) is 1.93. The summed E-state index contributed by atoms with van der Waals surface area (Å²) in [5.74, 6) is -0.177. The maximum atomic E-state index is 11.2. The van der Waals surface area contributed by atoms with E-state index < -0.39 is 11.8 Å². The van der Waals surface area contributed by atoms with Gasteiger partial charge in [0.1, 0.15) is 11.5 Å². The topological polar surface area (TPSA) is 48.7 Å². The Labute approximate surface area is 93.1 Å². The number of cyclic esters (lactones) is 1. The van der Waals surface area contributed by atoms with Crippen LogP contribution in [0.1, 0.15) is 19.6 Å². The van der Waals surface area contributed by atoms with Crippen molar-refractivity contribution in [3.63, 3.8) is 0 Å². The second kappa shape index (κ2) is 3.89. The minimum Gasteiger partial charge on any atom is -0.465 e. The van der Waals surface area contributed by atoms with Gasteiger partial charge in [-0.15, -0.1) is 0 Å². The van der Waals surface area contributed by atoms with Crippen molar-refractivity contribution in [2.45, 2.75) is 19.6 Å². The molecule has 4 heteroatoms. The summed E-state index contributed by atoms with van der Waals surface area (Å²) in [4.78, 5) is 11.2. The predicted octanol–water partition coefficient (Wildman–Crippen LogP) is 2.49. The number of hydrogen-bond acceptors (Lipinski definition) is 4. The van der Waals surface area contributed by atoms with Crippen LogP contribution in [0.25, 0.3) is 6.08 Å². The summed E-state index contributed by atoms with van der Waals surface area (Å²) in [7, 11) is 0. The van der Waals surface area contributed by atoms with Gasteiger partial charge in [0.15, 0.2) is 0 Å². The monoisotopic (exact) mass is 220 g/mol. The van der Waals surface area contributed by atoms with Gasteiger partial charge in [-0.25, -0.2) is 4.79 Å². The molecule has 0 unspecified atom stereocenters. The summed E-state index contributed by atoms with van der Waals surface area (Å²) in [5.41, 5.74) is 0. The number of carbonyl (C=O) groups excluding carboxylic acids is 1. The summed E-state index contributed by atoms with van der Waals surface area (Å²) >= 11 is 0. The van der Waals surface area contributed by atoms with Crippen molar-refractivity contribution in [1.29, 1.82) is 0 Å². The molecule has 0 aromatic carbocycles. The van der Waals surface area contributed by atoms with Crippen LogP contribution in [-0.4, -0.2) is 11.8 Å². The molecule has 16 heavy (non-hydrogen) atoms. The Hall–Kier alpha value is -1.97. The van der Waals surface area contributed by atoms with E-state index in [1.807, 2.05) is 6.07 Å². The molecule has 0 fully saturated rings. The molecule has 1 aliphatic heterocycles. The lowest BCUT2D eigenvalue weighted by Gasteiger charge is -2.29. The minimum atomic E-state index is -0.922. The largest absolute Gasteiger partial charge is 0.465 e. The molecule has 0 saturated heterocycles. The lowest BCUT2D eigenvalue weighted by atomic mass is 10.3. The summed E-state index contributed by atoms with van der Waals surface area (Å²) in [6, 6.07) is 3.59. The van der Waals surface area contributed by atoms with Crippen LogP contribution >= 0.6 is 0 Å². The maximum Gasteiger partial charge on any atom is 0.337 e. The molecule has 1 aliphatic rings. The first-order valence-corrected chi connectivity index (χ1v) is 4.90. The molecular weight excluding hydrogens is 208 g/mol. The maximum absolute atomic E-state index is 11.2. The van der Waals surface area contributed by atoms with Crippen molar-refractivity contribution in [3.05, 3.63) is 42.1 Å². The number of carbonyl (C=O) groups is 1. The number of hydrogen-bond donors (Lipinski definition) is 0. The van der Waals surface area contributed by atoms with E-state index >= 15 is 0 Å². The normalized spacial score (nSPS) is 19.1. The number of furan rings is 1. The highest BCUT2D eigenvalue weighted by molar-refractivity contribution is 5.84. The van der Waals surface area contributed by atoms with Gasteiger partial charge in [-0.05, 0) is 24.3 Å². The van der Waals surface area contributed by atoms with Crippen LogP contribution in [0.4, 0.5) is 0 Å². The van der Waals surface area contributed by atoms with Crippen molar-refractivity contribution >= 4 is 12.0 Å². The lowest BCUT2D eigenvalue weighted by Crippen LogP contribution is -2.33. The second-order valence-electron chi connectivity index (χ2n) is 3.82. The zero-order chi connectivity index (χ0) is 11.6. The smallest absolute Gasteiger partial charge is 0.337 e. The Morgan fingerprint density at radius 2 is 2.06 bits per heavy atom. The molecule has 0 aliphatic carbocycles. The summed E-state index contributed by atoms with van der Waals surface area (Å²) in [5, 5.41) is 0. The molecule has 4 nitrogen and oxygen atoms in total. The molecule has 0 saturated carbocycles. The van der Waals surface area contributed by atoms with Crippen LogP contribution in [0, 0.1) is 0 Å². The first kappa shape index (κ1) is 10.5. The van der Waals surface area contributed by atoms with Crippen molar-refractivity contribution in [1.82, 2.24) is 0 Å². The molecule has 2 rings (SSSR count). The minimum absolute atomic E-state index is 0.407. The van der Waals surface area contributed by atoms with Crippen molar-refractivity contribution in [2.24, 2.45) is 0 Å². The molecule has 0 radical (unpaired) electrons. The average Bonchev–Trinajstić information content (AvgIpc) is 2.63. The standard InChI is InChI=1S/C12H12O4/c1-12(2)15-10(8-11(13)16-12)6-5-9-4-3-7-14-9/h3-8H,1-2H3/b6-5+. The van der Waals surface area contributed by atoms with Gasteiger partial charge in [0.2, 0.25) is 5.79 Å². The molecule has 0 N–H and O–H groups in total. The lowest BCUT2D eigenvalue weighted by molar-refractivity contribution is -0.203. The molecule has 0 atom stereocenters. The van der Waals surface area contributed by atoms with Gasteiger partial charge in [-0.2, -0.15) is 0 Å². The van der Waals surface area contributed by atoms with E-state index in [2.05, 4.69) is 0 Å². The number of esters is 1. The second-order valence-corrected chi connectivity index (χ2v) is 3.82. The number of rotatable bonds is 2. The van der Waals surface area contributed by atoms with E-state index in [1.165, 1.54) is 6.08 Å². The van der Waals surface area contributed by atoms with Crippen molar-refractivity contribution in [3.8, 4) is 0 Å². The molecular formula is C12H12O4. The van der Waals surface area contributed by atoms with E-state index in [0.717, 1.165) is 0 Å². The van der Waals surface area contributed by atoms with Crippen molar-refractivity contribution in [2.75, 3.05) is 0 Å². The average molecular weight is 220 g/mol. The summed E-state index contributed by atoms with van der Waals surface area (Å²) in [6.07, 6.45) is 6.26. The fourth-order valence-electron chi connectivity index (χ4n) is 1.35. The van der Waals surface area contributed by atoms with Crippen LogP contribution in [-0.2, 0) is 14.3 Å². The Morgan fingerprint density at radius 1 is 1.25 bits per heavy atom. The highest BCUT2D eigenvalue weighted by Crippen LogP contribution is 2.23. The first-order valence-electron chi connectivity index (χ1n) is 4.90. The molecule has 84 valence electrons. The van der Waals surface area contributed by atoms with E-state index in [4.69, 9.17) is 13.9 Å². The fourth-order valence-corrected chi connectivity index (χ4v) is 1.35. The Morgan fingerprint density at radius 3 is 2.69 bits per heavy atom. The quantitative estimate of drug-likeness (QED) is 0.718. The molecule has 2 heterocycles. The van der Waals surface area contributed by atoms with Gasteiger partial charge in [0.05, 0.1) is 12.3 Å². The molecule has 0 amide bonds. The van der Waals surface area contributed by atoms with Crippen molar-refractivity contribution < 1.29 is 18.7 Å². The van der Waals surface area contributed by atoms with E-state index in [0.29, 0.717) is 11.5 Å². The van der Waals surface area contributed by atoms with Crippen LogP contribution in [0.2, 0.25) is 0 Å². The zero-order valence-corrected chi connectivity index (χ0v) is 9.10. The predicted molar refractivity (Wildman–Crippen MR) is 57.1 cm³/mol. The van der Waals surface area contributed by atoms with Crippen LogP contribution in [0.5, 0.6) is 0 Å². The summed E-state index contributed by atoms with van der Waals surface area (Å²) in [6.45, 7) is 3.36.